The number of Topliss-reactive ketones (excluding diaryl/α,β-unsaturated/α-hetero) is 1. The molecule has 1 aromatic carbocycles. The third-order valence-electron chi connectivity index (χ3n) is 1.91. The van der Waals surface area contributed by atoms with Crippen molar-refractivity contribution in [3.8, 4) is 0 Å². The summed E-state index contributed by atoms with van der Waals surface area (Å²) in [5.74, 6) is -0.134. The van der Waals surface area contributed by atoms with Crippen LogP contribution in [0.3, 0.4) is 0 Å². The van der Waals surface area contributed by atoms with Crippen LogP contribution in [-0.2, 0) is 0 Å². The highest BCUT2D eigenvalue weighted by Gasteiger charge is 2.11. The largest absolute Gasteiger partial charge is 0.398 e. The summed E-state index contributed by atoms with van der Waals surface area (Å²) in [6, 6.07) is 3.71. The average molecular weight is 198 g/mol. The zero-order valence-corrected chi connectivity index (χ0v) is 8.48. The molecule has 0 aliphatic heterocycles. The number of benzene rings is 1. The van der Waals surface area contributed by atoms with E-state index in [2.05, 4.69) is 0 Å². The van der Waals surface area contributed by atoms with E-state index in [1.165, 1.54) is 0 Å². The molecule has 0 aliphatic rings. The number of carbonyl (C=O) groups excluding carboxylic acids is 1. The monoisotopic (exact) mass is 197 g/mol. The first-order chi connectivity index (χ1) is 6.06. The van der Waals surface area contributed by atoms with Gasteiger partial charge in [0.2, 0.25) is 0 Å². The van der Waals surface area contributed by atoms with Crippen LogP contribution in [-0.4, -0.2) is 11.7 Å². The van der Waals surface area contributed by atoms with Crippen molar-refractivity contribution >= 4 is 23.1 Å². The summed E-state index contributed by atoms with van der Waals surface area (Å²) < 4.78 is 0. The number of alkyl halides is 1. The number of halogens is 1. The van der Waals surface area contributed by atoms with Gasteiger partial charge in [0.25, 0.3) is 0 Å². The van der Waals surface area contributed by atoms with Gasteiger partial charge in [-0.1, -0.05) is 6.07 Å². The van der Waals surface area contributed by atoms with Gasteiger partial charge in [0.1, 0.15) is 0 Å². The van der Waals surface area contributed by atoms with Crippen LogP contribution < -0.4 is 5.73 Å². The Morgan fingerprint density at radius 3 is 2.54 bits per heavy atom. The van der Waals surface area contributed by atoms with Crippen molar-refractivity contribution in [2.45, 2.75) is 13.8 Å². The molecule has 1 rings (SSSR count). The Hall–Kier alpha value is -1.02. The minimum Gasteiger partial charge on any atom is -0.398 e. The molecule has 0 atom stereocenters. The lowest BCUT2D eigenvalue weighted by molar-refractivity contribution is 0.102. The summed E-state index contributed by atoms with van der Waals surface area (Å²) in [6.07, 6.45) is 0. The second kappa shape index (κ2) is 3.79. The predicted octanol–water partition coefficient (Wildman–Crippen LogP) is 2.31. The third-order valence-corrected chi connectivity index (χ3v) is 2.15. The first kappa shape index (κ1) is 10.1. The summed E-state index contributed by atoms with van der Waals surface area (Å²) in [7, 11) is 0. The van der Waals surface area contributed by atoms with Crippen molar-refractivity contribution in [2.24, 2.45) is 0 Å². The molecule has 0 unspecified atom stereocenters. The minimum absolute atomic E-state index is 0.0197. The molecule has 0 fully saturated rings. The van der Waals surface area contributed by atoms with E-state index in [4.69, 9.17) is 17.3 Å². The van der Waals surface area contributed by atoms with Crippen molar-refractivity contribution in [3.05, 3.63) is 28.8 Å². The number of hydrogen-bond donors (Lipinski definition) is 1. The minimum atomic E-state index is -0.114. The number of aryl methyl sites for hydroxylation is 2. The van der Waals surface area contributed by atoms with E-state index in [9.17, 15) is 4.79 Å². The standard InChI is InChI=1S/C10H12ClNO/c1-6-3-7(2)10(8(12)4-6)9(13)5-11/h3-4H,5,12H2,1-2H3. The van der Waals surface area contributed by atoms with Crippen molar-refractivity contribution in [3.63, 3.8) is 0 Å². The molecule has 2 nitrogen and oxygen atoms in total. The van der Waals surface area contributed by atoms with E-state index in [1.54, 1.807) is 6.07 Å². The van der Waals surface area contributed by atoms with Crippen molar-refractivity contribution in [1.82, 2.24) is 0 Å². The van der Waals surface area contributed by atoms with E-state index in [1.807, 2.05) is 19.9 Å². The van der Waals surface area contributed by atoms with Crippen molar-refractivity contribution < 1.29 is 4.79 Å². The normalized spacial score (nSPS) is 10.1. The van der Waals surface area contributed by atoms with Crippen LogP contribution in [0.2, 0.25) is 0 Å². The predicted molar refractivity (Wildman–Crippen MR) is 55.4 cm³/mol. The van der Waals surface area contributed by atoms with Gasteiger partial charge in [-0.2, -0.15) is 0 Å². The van der Waals surface area contributed by atoms with E-state index >= 15 is 0 Å². The van der Waals surface area contributed by atoms with Gasteiger partial charge in [-0.15, -0.1) is 11.6 Å². The van der Waals surface area contributed by atoms with Crippen LogP contribution in [0.15, 0.2) is 12.1 Å². The molecule has 0 aromatic heterocycles. The molecule has 0 aliphatic carbocycles. The number of ketones is 1. The highest BCUT2D eigenvalue weighted by atomic mass is 35.5. The maximum atomic E-state index is 11.4. The van der Waals surface area contributed by atoms with Gasteiger partial charge in [0.05, 0.1) is 5.88 Å². The Morgan fingerprint density at radius 1 is 1.46 bits per heavy atom. The molecule has 3 heteroatoms. The fourth-order valence-corrected chi connectivity index (χ4v) is 1.58. The molecule has 0 amide bonds. The molecule has 0 heterocycles. The highest BCUT2D eigenvalue weighted by Crippen LogP contribution is 2.19. The Bertz CT molecular complexity index is 324. The zero-order chi connectivity index (χ0) is 10.0. The molecule has 70 valence electrons. The van der Waals surface area contributed by atoms with Gasteiger partial charge in [-0.05, 0) is 31.0 Å². The lowest BCUT2D eigenvalue weighted by Crippen LogP contribution is -2.07. The molecular formula is C10H12ClNO. The Labute approximate surface area is 82.7 Å². The first-order valence-electron chi connectivity index (χ1n) is 4.02. The van der Waals surface area contributed by atoms with Crippen LogP contribution in [0.1, 0.15) is 21.5 Å². The number of carbonyl (C=O) groups is 1. The molecular weight excluding hydrogens is 186 g/mol. The molecule has 0 saturated heterocycles. The third kappa shape index (κ3) is 2.01. The van der Waals surface area contributed by atoms with Gasteiger partial charge in [-0.25, -0.2) is 0 Å². The van der Waals surface area contributed by atoms with Gasteiger partial charge in [0, 0.05) is 11.3 Å². The molecule has 0 bridgehead atoms. The van der Waals surface area contributed by atoms with Crippen LogP contribution in [0.25, 0.3) is 0 Å². The van der Waals surface area contributed by atoms with E-state index in [-0.39, 0.29) is 11.7 Å². The first-order valence-corrected chi connectivity index (χ1v) is 4.55. The molecule has 13 heavy (non-hydrogen) atoms. The fourth-order valence-electron chi connectivity index (χ4n) is 1.45. The molecule has 0 radical (unpaired) electrons. The van der Waals surface area contributed by atoms with Crippen molar-refractivity contribution in [1.29, 1.82) is 0 Å². The lowest BCUT2D eigenvalue weighted by atomic mass is 10.0. The molecule has 2 N–H and O–H groups in total. The van der Waals surface area contributed by atoms with Gasteiger partial charge < -0.3 is 5.73 Å². The molecule has 0 saturated carbocycles. The number of nitrogens with two attached hydrogens (primary N) is 1. The average Bonchev–Trinajstić information content (AvgIpc) is 2.02. The smallest absolute Gasteiger partial charge is 0.179 e. The number of hydrogen-bond acceptors (Lipinski definition) is 2. The summed E-state index contributed by atoms with van der Waals surface area (Å²) in [5.41, 5.74) is 8.74. The lowest BCUT2D eigenvalue weighted by Gasteiger charge is -2.07. The van der Waals surface area contributed by atoms with E-state index < -0.39 is 0 Å². The fraction of sp³-hybridized carbons (Fsp3) is 0.300. The second-order valence-corrected chi connectivity index (χ2v) is 3.37. The maximum absolute atomic E-state index is 11.4. The van der Waals surface area contributed by atoms with Crippen LogP contribution in [0.4, 0.5) is 5.69 Å². The molecule has 1 aromatic rings. The maximum Gasteiger partial charge on any atom is 0.179 e. The topological polar surface area (TPSA) is 43.1 Å². The summed E-state index contributed by atoms with van der Waals surface area (Å²) in [4.78, 5) is 11.4. The number of rotatable bonds is 2. The summed E-state index contributed by atoms with van der Waals surface area (Å²) in [6.45, 7) is 3.81. The Kier molecular flexibility index (Phi) is 2.94. The quantitative estimate of drug-likeness (QED) is 0.449. The second-order valence-electron chi connectivity index (χ2n) is 3.10. The van der Waals surface area contributed by atoms with Crippen molar-refractivity contribution in [2.75, 3.05) is 11.6 Å². The summed E-state index contributed by atoms with van der Waals surface area (Å²) >= 11 is 5.47. The van der Waals surface area contributed by atoms with Gasteiger partial charge in [0.15, 0.2) is 5.78 Å². The zero-order valence-electron chi connectivity index (χ0n) is 7.73. The van der Waals surface area contributed by atoms with Crippen LogP contribution >= 0.6 is 11.6 Å². The van der Waals surface area contributed by atoms with Gasteiger partial charge >= 0.3 is 0 Å². The van der Waals surface area contributed by atoms with Crippen LogP contribution in [0.5, 0.6) is 0 Å². The molecule has 0 spiro atoms. The van der Waals surface area contributed by atoms with Crippen LogP contribution in [0, 0.1) is 13.8 Å². The summed E-state index contributed by atoms with van der Waals surface area (Å²) in [5, 5.41) is 0. The Morgan fingerprint density at radius 2 is 2.08 bits per heavy atom. The van der Waals surface area contributed by atoms with E-state index in [0.717, 1.165) is 11.1 Å². The Balaban J connectivity index is 3.28. The number of nitrogen functional groups attached to an aromatic ring is 1. The SMILES string of the molecule is Cc1cc(C)c(C(=O)CCl)c(N)c1. The highest BCUT2D eigenvalue weighted by molar-refractivity contribution is 6.31. The van der Waals surface area contributed by atoms with Gasteiger partial charge in [-0.3, -0.25) is 4.79 Å². The van der Waals surface area contributed by atoms with E-state index in [0.29, 0.717) is 11.3 Å². The number of anilines is 1.